The van der Waals surface area contributed by atoms with Gasteiger partial charge in [0.1, 0.15) is 0 Å². The monoisotopic (exact) mass is 242 g/mol. The van der Waals surface area contributed by atoms with E-state index < -0.39 is 6.10 Å². The van der Waals surface area contributed by atoms with Crippen LogP contribution in [0.3, 0.4) is 0 Å². The fourth-order valence-corrected chi connectivity index (χ4v) is 2.00. The van der Waals surface area contributed by atoms with E-state index in [0.29, 0.717) is 0 Å². The molecule has 0 aliphatic rings. The third-order valence-electron chi connectivity index (χ3n) is 2.99. The standard InChI is InChI=1S/C16H18O2/c1-2-3-9-15(14-10-11-18-12-14)16(17)13-7-5-4-6-8-13/h3-12,15-17H,2H2,1H3/b9-3+/t15-,16-/m0/s1. The summed E-state index contributed by atoms with van der Waals surface area (Å²) in [6, 6.07) is 11.6. The van der Waals surface area contributed by atoms with E-state index >= 15 is 0 Å². The van der Waals surface area contributed by atoms with Gasteiger partial charge in [0.15, 0.2) is 0 Å². The summed E-state index contributed by atoms with van der Waals surface area (Å²) in [5.41, 5.74) is 1.92. The fourth-order valence-electron chi connectivity index (χ4n) is 2.00. The highest BCUT2D eigenvalue weighted by Crippen LogP contribution is 2.32. The molecule has 0 spiro atoms. The molecular weight excluding hydrogens is 224 g/mol. The molecule has 0 saturated carbocycles. The molecule has 0 radical (unpaired) electrons. The molecule has 94 valence electrons. The summed E-state index contributed by atoms with van der Waals surface area (Å²) in [6.07, 6.45) is 7.85. The Morgan fingerprint density at radius 2 is 1.94 bits per heavy atom. The van der Waals surface area contributed by atoms with Crippen LogP contribution in [-0.4, -0.2) is 5.11 Å². The van der Waals surface area contributed by atoms with Gasteiger partial charge in [-0.05, 0) is 18.1 Å². The Morgan fingerprint density at radius 3 is 2.56 bits per heavy atom. The Hall–Kier alpha value is -1.80. The van der Waals surface area contributed by atoms with Crippen molar-refractivity contribution < 1.29 is 9.52 Å². The zero-order chi connectivity index (χ0) is 12.8. The lowest BCUT2D eigenvalue weighted by Gasteiger charge is -2.19. The number of rotatable bonds is 5. The average Bonchev–Trinajstić information content (AvgIpc) is 2.94. The number of aliphatic hydroxyl groups excluding tert-OH is 1. The predicted molar refractivity (Wildman–Crippen MR) is 72.3 cm³/mol. The van der Waals surface area contributed by atoms with Crippen LogP contribution in [0.4, 0.5) is 0 Å². The van der Waals surface area contributed by atoms with Crippen LogP contribution < -0.4 is 0 Å². The van der Waals surface area contributed by atoms with E-state index in [2.05, 4.69) is 13.0 Å². The summed E-state index contributed by atoms with van der Waals surface area (Å²) in [5, 5.41) is 10.5. The summed E-state index contributed by atoms with van der Waals surface area (Å²) in [5.74, 6) is -0.0638. The zero-order valence-electron chi connectivity index (χ0n) is 10.5. The van der Waals surface area contributed by atoms with Crippen LogP contribution in [0.25, 0.3) is 0 Å². The van der Waals surface area contributed by atoms with Gasteiger partial charge < -0.3 is 9.52 Å². The first-order valence-corrected chi connectivity index (χ1v) is 6.24. The van der Waals surface area contributed by atoms with E-state index in [1.54, 1.807) is 12.5 Å². The lowest BCUT2D eigenvalue weighted by atomic mass is 9.90. The summed E-state index contributed by atoms with van der Waals surface area (Å²) >= 11 is 0. The molecule has 0 bridgehead atoms. The molecule has 2 nitrogen and oxygen atoms in total. The maximum absolute atomic E-state index is 10.5. The molecule has 2 atom stereocenters. The van der Waals surface area contributed by atoms with E-state index in [0.717, 1.165) is 17.5 Å². The highest BCUT2D eigenvalue weighted by molar-refractivity contribution is 5.28. The number of furan rings is 1. The minimum atomic E-state index is -0.549. The third-order valence-corrected chi connectivity index (χ3v) is 2.99. The van der Waals surface area contributed by atoms with Crippen LogP contribution in [0.1, 0.15) is 36.5 Å². The van der Waals surface area contributed by atoms with Gasteiger partial charge in [0.25, 0.3) is 0 Å². The first-order chi connectivity index (χ1) is 8.83. The van der Waals surface area contributed by atoms with Crippen molar-refractivity contribution in [2.45, 2.75) is 25.4 Å². The molecule has 1 N–H and O–H groups in total. The SMILES string of the molecule is CC/C=C/[C@@H](c1ccoc1)[C@@H](O)c1ccccc1. The van der Waals surface area contributed by atoms with Gasteiger partial charge in [-0.2, -0.15) is 0 Å². The van der Waals surface area contributed by atoms with E-state index in [1.165, 1.54) is 0 Å². The van der Waals surface area contributed by atoms with E-state index in [1.807, 2.05) is 42.5 Å². The molecule has 0 aliphatic heterocycles. The zero-order valence-corrected chi connectivity index (χ0v) is 10.5. The Bertz CT molecular complexity index is 471. The van der Waals surface area contributed by atoms with Crippen LogP contribution in [0.15, 0.2) is 65.5 Å². The smallest absolute Gasteiger partial charge is 0.0941 e. The fraction of sp³-hybridized carbons (Fsp3) is 0.250. The minimum Gasteiger partial charge on any atom is -0.472 e. The van der Waals surface area contributed by atoms with E-state index in [9.17, 15) is 5.11 Å². The highest BCUT2D eigenvalue weighted by Gasteiger charge is 2.20. The Balaban J connectivity index is 2.27. The first-order valence-electron chi connectivity index (χ1n) is 6.24. The summed E-state index contributed by atoms with van der Waals surface area (Å²) in [7, 11) is 0. The summed E-state index contributed by atoms with van der Waals surface area (Å²) in [4.78, 5) is 0. The molecule has 2 heteroatoms. The Labute approximate surface area is 108 Å². The molecule has 0 unspecified atom stereocenters. The van der Waals surface area contributed by atoms with Gasteiger partial charge in [0, 0.05) is 11.5 Å². The van der Waals surface area contributed by atoms with Crippen molar-refractivity contribution in [1.29, 1.82) is 0 Å². The first kappa shape index (κ1) is 12.7. The molecule has 0 saturated heterocycles. The maximum Gasteiger partial charge on any atom is 0.0941 e. The molecule has 0 aliphatic carbocycles. The van der Waals surface area contributed by atoms with Crippen molar-refractivity contribution in [1.82, 2.24) is 0 Å². The van der Waals surface area contributed by atoms with Crippen LogP contribution in [0.5, 0.6) is 0 Å². The number of hydrogen-bond donors (Lipinski definition) is 1. The lowest BCUT2D eigenvalue weighted by molar-refractivity contribution is 0.161. The van der Waals surface area contributed by atoms with Crippen molar-refractivity contribution in [3.05, 3.63) is 72.2 Å². The second-order valence-electron chi connectivity index (χ2n) is 4.27. The van der Waals surface area contributed by atoms with Gasteiger partial charge >= 0.3 is 0 Å². The molecule has 18 heavy (non-hydrogen) atoms. The van der Waals surface area contributed by atoms with Gasteiger partial charge in [0.05, 0.1) is 18.6 Å². The van der Waals surface area contributed by atoms with Crippen molar-refractivity contribution in [3.8, 4) is 0 Å². The highest BCUT2D eigenvalue weighted by atomic mass is 16.3. The minimum absolute atomic E-state index is 0.0638. The lowest BCUT2D eigenvalue weighted by Crippen LogP contribution is -2.08. The molecule has 1 aromatic heterocycles. The molecular formula is C16H18O2. The third kappa shape index (κ3) is 2.90. The van der Waals surface area contributed by atoms with Crippen molar-refractivity contribution >= 4 is 0 Å². The van der Waals surface area contributed by atoms with Crippen molar-refractivity contribution in [2.24, 2.45) is 0 Å². The normalized spacial score (nSPS) is 14.8. The molecule has 2 rings (SSSR count). The molecule has 0 amide bonds. The Morgan fingerprint density at radius 1 is 1.17 bits per heavy atom. The number of allylic oxidation sites excluding steroid dienone is 1. The van der Waals surface area contributed by atoms with Gasteiger partial charge in [0.2, 0.25) is 0 Å². The molecule has 1 aromatic carbocycles. The predicted octanol–water partition coefficient (Wildman–Crippen LogP) is 4.06. The Kier molecular flexibility index (Phi) is 4.37. The number of aliphatic hydroxyl groups is 1. The summed E-state index contributed by atoms with van der Waals surface area (Å²) < 4.78 is 5.12. The van der Waals surface area contributed by atoms with Gasteiger partial charge in [-0.15, -0.1) is 0 Å². The molecule has 0 fully saturated rings. The second-order valence-corrected chi connectivity index (χ2v) is 4.27. The second kappa shape index (κ2) is 6.22. The average molecular weight is 242 g/mol. The van der Waals surface area contributed by atoms with E-state index in [4.69, 9.17) is 4.42 Å². The van der Waals surface area contributed by atoms with Gasteiger partial charge in [-0.25, -0.2) is 0 Å². The quantitative estimate of drug-likeness (QED) is 0.802. The molecule has 2 aromatic rings. The van der Waals surface area contributed by atoms with Crippen LogP contribution >= 0.6 is 0 Å². The van der Waals surface area contributed by atoms with Crippen LogP contribution in [0.2, 0.25) is 0 Å². The number of benzene rings is 1. The van der Waals surface area contributed by atoms with Crippen molar-refractivity contribution in [3.63, 3.8) is 0 Å². The largest absolute Gasteiger partial charge is 0.472 e. The molecule has 1 heterocycles. The van der Waals surface area contributed by atoms with Gasteiger partial charge in [-0.3, -0.25) is 0 Å². The van der Waals surface area contributed by atoms with E-state index in [-0.39, 0.29) is 5.92 Å². The number of hydrogen-bond acceptors (Lipinski definition) is 2. The van der Waals surface area contributed by atoms with Crippen LogP contribution in [0, 0.1) is 0 Å². The maximum atomic E-state index is 10.5. The van der Waals surface area contributed by atoms with Crippen LogP contribution in [-0.2, 0) is 0 Å². The van der Waals surface area contributed by atoms with Gasteiger partial charge in [-0.1, -0.05) is 49.4 Å². The van der Waals surface area contributed by atoms with Crippen molar-refractivity contribution in [2.75, 3.05) is 0 Å². The topological polar surface area (TPSA) is 33.4 Å². The summed E-state index contributed by atoms with van der Waals surface area (Å²) in [6.45, 7) is 2.08.